The van der Waals surface area contributed by atoms with Crippen molar-refractivity contribution in [2.45, 2.75) is 44.7 Å². The molecule has 2 aliphatic heterocycles. The number of para-hydroxylation sites is 1. The van der Waals surface area contributed by atoms with Crippen molar-refractivity contribution < 1.29 is 14.4 Å². The molecule has 0 unspecified atom stereocenters. The molecule has 6 rings (SSSR count). The Morgan fingerprint density at radius 2 is 1.79 bits per heavy atom. The van der Waals surface area contributed by atoms with E-state index in [-0.39, 0.29) is 23.9 Å². The molecule has 1 aromatic heterocycles. The van der Waals surface area contributed by atoms with E-state index in [1.807, 2.05) is 56.3 Å². The molecule has 7 nitrogen and oxygen atoms in total. The number of hydrogen-bond acceptors (Lipinski definition) is 3. The molecular formula is C31H30N4O3. The summed E-state index contributed by atoms with van der Waals surface area (Å²) in [5, 5.41) is 4.13. The van der Waals surface area contributed by atoms with Gasteiger partial charge in [-0.25, -0.2) is 9.69 Å². The summed E-state index contributed by atoms with van der Waals surface area (Å²) >= 11 is 0. The Morgan fingerprint density at radius 3 is 2.61 bits per heavy atom. The first kappa shape index (κ1) is 24.0. The Labute approximate surface area is 221 Å². The number of amides is 4. The molecule has 2 aliphatic rings. The summed E-state index contributed by atoms with van der Waals surface area (Å²) in [5.74, 6) is -0.544. The largest absolute Gasteiger partial charge is 0.356 e. The third-order valence-corrected chi connectivity index (χ3v) is 7.92. The summed E-state index contributed by atoms with van der Waals surface area (Å²) in [7, 11) is 0. The lowest BCUT2D eigenvalue weighted by atomic mass is 9.87. The first-order chi connectivity index (χ1) is 18.4. The van der Waals surface area contributed by atoms with Crippen LogP contribution in [0.25, 0.3) is 10.9 Å². The molecule has 0 aliphatic carbocycles. The number of rotatable bonds is 6. The average molecular weight is 507 g/mol. The number of H-pyrrole nitrogens is 1. The molecule has 3 aromatic carbocycles. The highest BCUT2D eigenvalue weighted by molar-refractivity contribution is 6.24. The van der Waals surface area contributed by atoms with Gasteiger partial charge < -0.3 is 15.2 Å². The molecule has 2 N–H and O–H groups in total. The van der Waals surface area contributed by atoms with E-state index in [1.165, 1.54) is 10.5 Å². The number of aromatic amines is 1. The number of aryl methyl sites for hydroxylation is 1. The highest BCUT2D eigenvalue weighted by Crippen LogP contribution is 2.45. The number of benzene rings is 3. The third kappa shape index (κ3) is 3.77. The maximum atomic E-state index is 13.9. The second-order valence-electron chi connectivity index (χ2n) is 10.4. The van der Waals surface area contributed by atoms with E-state index in [9.17, 15) is 14.4 Å². The number of aromatic nitrogens is 1. The lowest BCUT2D eigenvalue weighted by molar-refractivity contribution is -0.125. The van der Waals surface area contributed by atoms with Crippen LogP contribution >= 0.6 is 0 Å². The van der Waals surface area contributed by atoms with Gasteiger partial charge in [0.2, 0.25) is 0 Å². The fourth-order valence-corrected chi connectivity index (χ4v) is 5.81. The molecule has 2 atom stereocenters. The van der Waals surface area contributed by atoms with Crippen molar-refractivity contribution in [2.24, 2.45) is 0 Å². The molecule has 1 fully saturated rings. The average Bonchev–Trinajstić information content (AvgIpc) is 3.41. The van der Waals surface area contributed by atoms with Crippen LogP contribution in [0.2, 0.25) is 0 Å². The van der Waals surface area contributed by atoms with E-state index in [1.54, 1.807) is 29.2 Å². The molecule has 38 heavy (non-hydrogen) atoms. The number of imide groups is 1. The lowest BCUT2D eigenvalue weighted by Crippen LogP contribution is -2.49. The van der Waals surface area contributed by atoms with Gasteiger partial charge in [0.1, 0.15) is 0 Å². The Hall–Kier alpha value is -4.39. The normalized spacial score (nSPS) is 19.4. The van der Waals surface area contributed by atoms with Crippen LogP contribution in [0, 0.1) is 0 Å². The van der Waals surface area contributed by atoms with Crippen LogP contribution in [0.1, 0.15) is 47.4 Å². The first-order valence-corrected chi connectivity index (χ1v) is 13.1. The van der Waals surface area contributed by atoms with Crippen LogP contribution in [0.5, 0.6) is 0 Å². The summed E-state index contributed by atoms with van der Waals surface area (Å²) in [4.78, 5) is 46.9. The molecule has 7 heteroatoms. The molecule has 0 radical (unpaired) electrons. The summed E-state index contributed by atoms with van der Waals surface area (Å²) in [6, 6.07) is 24.5. The topological polar surface area (TPSA) is 85.5 Å². The highest BCUT2D eigenvalue weighted by atomic mass is 16.2. The number of carbonyl (C=O) groups excluding carboxylic acids is 3. The number of nitrogens with zero attached hydrogens (tertiary/aromatic N) is 2. The minimum absolute atomic E-state index is 0.0327. The number of urea groups is 1. The second kappa shape index (κ2) is 9.17. The highest BCUT2D eigenvalue weighted by Gasteiger charge is 2.59. The maximum Gasteiger partial charge on any atom is 0.332 e. The third-order valence-electron chi connectivity index (χ3n) is 7.92. The molecule has 0 saturated carbocycles. The van der Waals surface area contributed by atoms with Gasteiger partial charge in [0.15, 0.2) is 5.54 Å². The van der Waals surface area contributed by atoms with Gasteiger partial charge in [-0.15, -0.1) is 0 Å². The van der Waals surface area contributed by atoms with Gasteiger partial charge in [0, 0.05) is 29.1 Å². The van der Waals surface area contributed by atoms with Crippen molar-refractivity contribution >= 4 is 34.4 Å². The van der Waals surface area contributed by atoms with E-state index >= 15 is 0 Å². The van der Waals surface area contributed by atoms with Crippen LogP contribution in [0.3, 0.4) is 0 Å². The number of anilines is 1. The fraction of sp³-hybridized carbons (Fsp3) is 0.258. The molecule has 4 aromatic rings. The van der Waals surface area contributed by atoms with Crippen LogP contribution in [0.4, 0.5) is 10.5 Å². The minimum atomic E-state index is -1.13. The number of fused-ring (bicyclic) bond motifs is 5. The molecule has 0 spiro atoms. The zero-order valence-electron chi connectivity index (χ0n) is 21.5. The van der Waals surface area contributed by atoms with E-state index in [4.69, 9.17) is 0 Å². The van der Waals surface area contributed by atoms with E-state index in [0.29, 0.717) is 24.2 Å². The van der Waals surface area contributed by atoms with Crippen LogP contribution in [-0.4, -0.2) is 40.3 Å². The number of hydrogen-bond donors (Lipinski definition) is 2. The van der Waals surface area contributed by atoms with Gasteiger partial charge in [-0.3, -0.25) is 9.59 Å². The van der Waals surface area contributed by atoms with Gasteiger partial charge >= 0.3 is 6.03 Å². The first-order valence-electron chi connectivity index (χ1n) is 13.1. The van der Waals surface area contributed by atoms with E-state index in [0.717, 1.165) is 35.0 Å². The number of carbonyl (C=O) groups is 3. The van der Waals surface area contributed by atoms with E-state index < -0.39 is 5.54 Å². The summed E-state index contributed by atoms with van der Waals surface area (Å²) in [6.45, 7) is 4.24. The molecule has 0 bridgehead atoms. The summed E-state index contributed by atoms with van der Waals surface area (Å²) in [5.41, 5.74) is 3.72. The molecule has 4 amide bonds. The van der Waals surface area contributed by atoms with Crippen molar-refractivity contribution in [3.05, 3.63) is 101 Å². The standard InChI is InChI=1S/C31H30N4O3/c1-20(15-16-21-9-4-3-5-10-21)32-28(36)22-11-8-12-23(19-22)35-29(37)31(2)27-25(17-18-34(31)30(35)38)24-13-6-7-14-26(24)33-27/h3-14,19-20,33H,15-18H2,1-2H3,(H,32,36)/t20-,31-/m0/s1. The Bertz CT molecular complexity index is 1560. The van der Waals surface area contributed by atoms with Crippen molar-refractivity contribution in [1.82, 2.24) is 15.2 Å². The van der Waals surface area contributed by atoms with Crippen molar-refractivity contribution in [3.8, 4) is 0 Å². The smallest absolute Gasteiger partial charge is 0.332 e. The lowest BCUT2D eigenvalue weighted by Gasteiger charge is -2.35. The van der Waals surface area contributed by atoms with Crippen LogP contribution in [-0.2, 0) is 23.2 Å². The molecule has 1 saturated heterocycles. The van der Waals surface area contributed by atoms with Crippen LogP contribution < -0.4 is 10.2 Å². The molecular weight excluding hydrogens is 476 g/mol. The zero-order chi connectivity index (χ0) is 26.4. The zero-order valence-corrected chi connectivity index (χ0v) is 21.5. The number of nitrogens with one attached hydrogen (secondary N) is 2. The van der Waals surface area contributed by atoms with Gasteiger partial charge in [0.05, 0.1) is 11.4 Å². The Kier molecular flexibility index (Phi) is 5.79. The molecule has 3 heterocycles. The predicted octanol–water partition coefficient (Wildman–Crippen LogP) is 5.16. The monoisotopic (exact) mass is 506 g/mol. The SMILES string of the molecule is C[C@@H](CCc1ccccc1)NC(=O)c1cccc(N2C(=O)N3CCc4c([nH]c5ccccc45)[C@@]3(C)C2=O)c1. The quantitative estimate of drug-likeness (QED) is 0.354. The van der Waals surface area contributed by atoms with Gasteiger partial charge in [-0.2, -0.15) is 0 Å². The predicted molar refractivity (Wildman–Crippen MR) is 147 cm³/mol. The summed E-state index contributed by atoms with van der Waals surface area (Å²) in [6.07, 6.45) is 2.34. The minimum Gasteiger partial charge on any atom is -0.356 e. The second-order valence-corrected chi connectivity index (χ2v) is 10.4. The van der Waals surface area contributed by atoms with Gasteiger partial charge in [-0.05, 0) is 68.5 Å². The van der Waals surface area contributed by atoms with E-state index in [2.05, 4.69) is 22.4 Å². The van der Waals surface area contributed by atoms with Gasteiger partial charge in [-0.1, -0.05) is 54.6 Å². The maximum absolute atomic E-state index is 13.9. The molecule has 192 valence electrons. The Balaban J connectivity index is 1.24. The van der Waals surface area contributed by atoms with Crippen molar-refractivity contribution in [1.29, 1.82) is 0 Å². The Morgan fingerprint density at radius 1 is 1.03 bits per heavy atom. The van der Waals surface area contributed by atoms with Crippen molar-refractivity contribution in [3.63, 3.8) is 0 Å². The van der Waals surface area contributed by atoms with Crippen LogP contribution in [0.15, 0.2) is 78.9 Å². The summed E-state index contributed by atoms with van der Waals surface area (Å²) < 4.78 is 0. The fourth-order valence-electron chi connectivity index (χ4n) is 5.81. The van der Waals surface area contributed by atoms with Crippen molar-refractivity contribution in [2.75, 3.05) is 11.4 Å². The van der Waals surface area contributed by atoms with Gasteiger partial charge in [0.25, 0.3) is 11.8 Å².